The molecule has 2 aromatic rings. The smallest absolute Gasteiger partial charge is 0.255 e. The van der Waals surface area contributed by atoms with Crippen LogP contribution in [0.2, 0.25) is 5.02 Å². The molecule has 0 N–H and O–H groups in total. The number of benzene rings is 1. The van der Waals surface area contributed by atoms with Crippen LogP contribution in [0.3, 0.4) is 0 Å². The molecule has 1 fully saturated rings. The molecule has 0 saturated carbocycles. The van der Waals surface area contributed by atoms with Gasteiger partial charge in [-0.3, -0.25) is 14.4 Å². The first-order valence-electron chi connectivity index (χ1n) is 8.32. The van der Waals surface area contributed by atoms with Gasteiger partial charge in [-0.15, -0.1) is 11.8 Å². The van der Waals surface area contributed by atoms with Crippen LogP contribution in [0.4, 0.5) is 0 Å². The number of carbonyl (C=O) groups is 1. The first-order valence-corrected chi connectivity index (χ1v) is 9.92. The van der Waals surface area contributed by atoms with Gasteiger partial charge in [0.15, 0.2) is 0 Å². The van der Waals surface area contributed by atoms with Gasteiger partial charge in [0, 0.05) is 56.4 Å². The topological polar surface area (TPSA) is 41.4 Å². The average Bonchev–Trinajstić information content (AvgIpc) is 2.92. The molecule has 1 aromatic heterocycles. The fourth-order valence-corrected chi connectivity index (χ4v) is 3.76. The van der Waals surface area contributed by atoms with Gasteiger partial charge < -0.3 is 4.90 Å². The Morgan fingerprint density at radius 3 is 2.60 bits per heavy atom. The molecule has 2 heterocycles. The Labute approximate surface area is 157 Å². The highest BCUT2D eigenvalue weighted by Gasteiger charge is 2.24. The van der Waals surface area contributed by atoms with Crippen LogP contribution in [0.1, 0.15) is 21.6 Å². The van der Waals surface area contributed by atoms with Crippen molar-refractivity contribution in [1.82, 2.24) is 19.6 Å². The van der Waals surface area contributed by atoms with E-state index in [9.17, 15) is 4.79 Å². The zero-order chi connectivity index (χ0) is 18.0. The molecule has 5 nitrogen and oxygen atoms in total. The van der Waals surface area contributed by atoms with Crippen molar-refractivity contribution in [3.8, 4) is 0 Å². The number of nitrogens with zero attached hydrogens (tertiary/aromatic N) is 4. The van der Waals surface area contributed by atoms with Crippen molar-refractivity contribution < 1.29 is 4.79 Å². The number of aryl methyl sites for hydroxylation is 2. The van der Waals surface area contributed by atoms with Crippen LogP contribution in [-0.4, -0.2) is 57.9 Å². The lowest BCUT2D eigenvalue weighted by atomic mass is 10.1. The summed E-state index contributed by atoms with van der Waals surface area (Å²) in [7, 11) is 1.94. The molecule has 1 amide bonds. The molecule has 0 bridgehead atoms. The Morgan fingerprint density at radius 2 is 2.00 bits per heavy atom. The molecule has 0 radical (unpaired) electrons. The number of aromatic nitrogens is 2. The Hall–Kier alpha value is -1.50. The van der Waals surface area contributed by atoms with Gasteiger partial charge in [0.2, 0.25) is 0 Å². The second-order valence-electron chi connectivity index (χ2n) is 6.33. The maximum Gasteiger partial charge on any atom is 0.255 e. The maximum atomic E-state index is 12.8. The van der Waals surface area contributed by atoms with Crippen molar-refractivity contribution in [2.24, 2.45) is 7.05 Å². The number of carbonyl (C=O) groups excluding carboxylic acids is 1. The number of piperazine rings is 1. The zero-order valence-corrected chi connectivity index (χ0v) is 16.4. The molecule has 134 valence electrons. The second-order valence-corrected chi connectivity index (χ2v) is 7.61. The van der Waals surface area contributed by atoms with E-state index in [4.69, 9.17) is 11.6 Å². The van der Waals surface area contributed by atoms with Crippen LogP contribution in [0.5, 0.6) is 0 Å². The summed E-state index contributed by atoms with van der Waals surface area (Å²) in [5.74, 6) is 0.0260. The van der Waals surface area contributed by atoms with Crippen LogP contribution in [0.15, 0.2) is 29.3 Å². The molecule has 7 heteroatoms. The second kappa shape index (κ2) is 7.81. The van der Waals surface area contributed by atoms with Crippen molar-refractivity contribution in [3.05, 3.63) is 46.2 Å². The first kappa shape index (κ1) is 18.3. The fourth-order valence-electron chi connectivity index (χ4n) is 3.12. The third kappa shape index (κ3) is 4.19. The number of hydrogen-bond acceptors (Lipinski definition) is 4. The van der Waals surface area contributed by atoms with E-state index < -0.39 is 0 Å². The molecule has 0 spiro atoms. The monoisotopic (exact) mass is 378 g/mol. The van der Waals surface area contributed by atoms with Crippen molar-refractivity contribution in [1.29, 1.82) is 0 Å². The van der Waals surface area contributed by atoms with Gasteiger partial charge in [0.05, 0.1) is 16.3 Å². The van der Waals surface area contributed by atoms with Crippen LogP contribution in [0, 0.1) is 6.92 Å². The van der Waals surface area contributed by atoms with E-state index in [2.05, 4.69) is 16.2 Å². The third-order valence-corrected chi connectivity index (χ3v) is 5.63. The molecule has 1 aromatic carbocycles. The van der Waals surface area contributed by atoms with Gasteiger partial charge in [0.1, 0.15) is 0 Å². The van der Waals surface area contributed by atoms with Gasteiger partial charge in [-0.2, -0.15) is 5.10 Å². The Bertz CT molecular complexity index is 768. The van der Waals surface area contributed by atoms with E-state index in [1.807, 2.05) is 48.0 Å². The SMILES string of the molecule is CSc1ccc(Cl)c(C(=O)N2CCN(Cc3cn(C)nc3C)CC2)c1. The normalized spacial score (nSPS) is 15.6. The standard InChI is InChI=1S/C18H23ClN4OS/c1-13-14(11-21(2)20-13)12-22-6-8-23(9-7-22)18(24)16-10-15(25-3)4-5-17(16)19/h4-5,10-11H,6-9,12H2,1-3H3. The van der Waals surface area contributed by atoms with E-state index >= 15 is 0 Å². The Balaban J connectivity index is 1.62. The van der Waals surface area contributed by atoms with Crippen LogP contribution in [0.25, 0.3) is 0 Å². The molecular formula is C18H23ClN4OS. The minimum absolute atomic E-state index is 0.0260. The van der Waals surface area contributed by atoms with Crippen LogP contribution >= 0.6 is 23.4 Å². The van der Waals surface area contributed by atoms with Crippen LogP contribution < -0.4 is 0 Å². The predicted octanol–water partition coefficient (Wildman–Crippen LogP) is 3.06. The quantitative estimate of drug-likeness (QED) is 0.767. The van der Waals surface area contributed by atoms with E-state index in [0.717, 1.165) is 43.3 Å². The molecule has 0 aliphatic carbocycles. The fraction of sp³-hybridized carbons (Fsp3) is 0.444. The number of thioether (sulfide) groups is 1. The highest BCUT2D eigenvalue weighted by molar-refractivity contribution is 7.98. The Morgan fingerprint density at radius 1 is 1.28 bits per heavy atom. The van der Waals surface area contributed by atoms with Crippen molar-refractivity contribution in [3.63, 3.8) is 0 Å². The molecule has 0 unspecified atom stereocenters. The van der Waals surface area contributed by atoms with Gasteiger partial charge in [-0.05, 0) is 31.4 Å². The lowest BCUT2D eigenvalue weighted by Crippen LogP contribution is -2.48. The number of rotatable bonds is 4. The largest absolute Gasteiger partial charge is 0.336 e. The van der Waals surface area contributed by atoms with E-state index in [1.165, 1.54) is 5.56 Å². The van der Waals surface area contributed by atoms with Crippen molar-refractivity contribution in [2.75, 3.05) is 32.4 Å². The molecule has 0 atom stereocenters. The molecule has 1 saturated heterocycles. The van der Waals surface area contributed by atoms with E-state index in [-0.39, 0.29) is 5.91 Å². The minimum atomic E-state index is 0.0260. The van der Waals surface area contributed by atoms with Crippen LogP contribution in [-0.2, 0) is 13.6 Å². The summed E-state index contributed by atoms with van der Waals surface area (Å²) in [4.78, 5) is 18.1. The molecule has 25 heavy (non-hydrogen) atoms. The highest BCUT2D eigenvalue weighted by atomic mass is 35.5. The van der Waals surface area contributed by atoms with Gasteiger partial charge >= 0.3 is 0 Å². The average molecular weight is 379 g/mol. The summed E-state index contributed by atoms with van der Waals surface area (Å²) >= 11 is 7.86. The zero-order valence-electron chi connectivity index (χ0n) is 14.8. The summed E-state index contributed by atoms with van der Waals surface area (Å²) in [6.07, 6.45) is 4.07. The lowest BCUT2D eigenvalue weighted by Gasteiger charge is -2.34. The molecular weight excluding hydrogens is 356 g/mol. The van der Waals surface area contributed by atoms with Crippen molar-refractivity contribution >= 4 is 29.3 Å². The summed E-state index contributed by atoms with van der Waals surface area (Å²) in [5.41, 5.74) is 2.92. The lowest BCUT2D eigenvalue weighted by molar-refractivity contribution is 0.0628. The van der Waals surface area contributed by atoms with Gasteiger partial charge in [0.25, 0.3) is 5.91 Å². The first-order chi connectivity index (χ1) is 12.0. The third-order valence-electron chi connectivity index (χ3n) is 4.57. The summed E-state index contributed by atoms with van der Waals surface area (Å²) in [5, 5.41) is 4.92. The number of hydrogen-bond donors (Lipinski definition) is 0. The molecule has 1 aliphatic rings. The highest BCUT2D eigenvalue weighted by Crippen LogP contribution is 2.24. The van der Waals surface area contributed by atoms with E-state index in [1.54, 1.807) is 11.8 Å². The number of halogens is 1. The van der Waals surface area contributed by atoms with Crippen molar-refractivity contribution in [2.45, 2.75) is 18.4 Å². The Kier molecular flexibility index (Phi) is 5.71. The maximum absolute atomic E-state index is 12.8. The molecule has 1 aliphatic heterocycles. The predicted molar refractivity (Wildman–Crippen MR) is 102 cm³/mol. The van der Waals surface area contributed by atoms with E-state index in [0.29, 0.717) is 10.6 Å². The summed E-state index contributed by atoms with van der Waals surface area (Å²) < 4.78 is 1.85. The van der Waals surface area contributed by atoms with Gasteiger partial charge in [-0.25, -0.2) is 0 Å². The number of amides is 1. The minimum Gasteiger partial charge on any atom is -0.336 e. The van der Waals surface area contributed by atoms with Gasteiger partial charge in [-0.1, -0.05) is 11.6 Å². The molecule has 3 rings (SSSR count). The summed E-state index contributed by atoms with van der Waals surface area (Å²) in [6.45, 7) is 6.08. The summed E-state index contributed by atoms with van der Waals surface area (Å²) in [6, 6.07) is 5.64.